The number of benzene rings is 1. The van der Waals surface area contributed by atoms with Crippen LogP contribution in [0.5, 0.6) is 0 Å². The third-order valence-corrected chi connectivity index (χ3v) is 8.90. The first-order chi connectivity index (χ1) is 16.3. The van der Waals surface area contributed by atoms with E-state index < -0.39 is 10.0 Å². The normalized spacial score (nSPS) is 21.0. The molecule has 2 aliphatic heterocycles. The van der Waals surface area contributed by atoms with Crippen molar-refractivity contribution in [1.82, 2.24) is 14.1 Å². The van der Waals surface area contributed by atoms with Crippen molar-refractivity contribution in [3.63, 3.8) is 0 Å². The zero-order chi connectivity index (χ0) is 24.3. The van der Waals surface area contributed by atoms with Crippen LogP contribution in [-0.4, -0.2) is 54.8 Å². The number of anilines is 1. The van der Waals surface area contributed by atoms with Crippen molar-refractivity contribution >= 4 is 27.3 Å². The zero-order valence-corrected chi connectivity index (χ0v) is 20.6. The van der Waals surface area contributed by atoms with Gasteiger partial charge >= 0.3 is 0 Å². The molecule has 3 heterocycles. The summed E-state index contributed by atoms with van der Waals surface area (Å²) in [6, 6.07) is 7.69. The van der Waals surface area contributed by atoms with E-state index in [1.807, 2.05) is 13.0 Å². The fraction of sp³-hybridized carbons (Fsp3) is 0.522. The molecule has 1 aromatic carbocycles. The second-order valence-electron chi connectivity index (χ2n) is 8.80. The molecule has 1 unspecified atom stereocenters. The third-order valence-electron chi connectivity index (χ3n) is 6.62. The smallest absolute Gasteiger partial charge is 0.287 e. The number of hydrogen-bond donors (Lipinski definition) is 1. The maximum absolute atomic E-state index is 13.0. The van der Waals surface area contributed by atoms with Gasteiger partial charge in [0.1, 0.15) is 5.02 Å². The molecular formula is C23H28ClN5O4S. The molecule has 182 valence electrons. The molecule has 2 saturated heterocycles. The van der Waals surface area contributed by atoms with E-state index in [0.717, 1.165) is 19.4 Å². The van der Waals surface area contributed by atoms with Crippen LogP contribution in [0.2, 0.25) is 5.02 Å². The minimum atomic E-state index is -3.67. The summed E-state index contributed by atoms with van der Waals surface area (Å²) in [5.74, 6) is 0.342. The number of nitrogens with one attached hydrogen (secondary N) is 1. The van der Waals surface area contributed by atoms with Gasteiger partial charge in [0.2, 0.25) is 10.0 Å². The molecule has 9 nitrogen and oxygen atoms in total. The van der Waals surface area contributed by atoms with Gasteiger partial charge in [-0.15, -0.1) is 0 Å². The Morgan fingerprint density at radius 2 is 1.94 bits per heavy atom. The van der Waals surface area contributed by atoms with Gasteiger partial charge in [0.05, 0.1) is 41.1 Å². The van der Waals surface area contributed by atoms with Gasteiger partial charge in [0, 0.05) is 31.7 Å². The molecule has 4 rings (SSSR count). The van der Waals surface area contributed by atoms with Crippen LogP contribution in [-0.2, 0) is 14.8 Å². The fourth-order valence-corrected chi connectivity index (χ4v) is 6.17. The third kappa shape index (κ3) is 5.13. The van der Waals surface area contributed by atoms with Gasteiger partial charge in [-0.1, -0.05) is 11.6 Å². The molecule has 11 heteroatoms. The summed E-state index contributed by atoms with van der Waals surface area (Å²) < 4.78 is 34.2. The number of hydrogen-bond acceptors (Lipinski definition) is 7. The molecule has 0 aliphatic carbocycles. The van der Waals surface area contributed by atoms with Crippen molar-refractivity contribution in [2.24, 2.45) is 5.92 Å². The Morgan fingerprint density at radius 1 is 1.24 bits per heavy atom. The highest BCUT2D eigenvalue weighted by Gasteiger charge is 2.31. The zero-order valence-electron chi connectivity index (χ0n) is 19.0. The summed E-state index contributed by atoms with van der Waals surface area (Å²) in [7, 11) is -3.67. The lowest BCUT2D eigenvalue weighted by atomic mass is 9.95. The highest BCUT2D eigenvalue weighted by molar-refractivity contribution is 7.89. The first-order valence-electron chi connectivity index (χ1n) is 11.4. The Labute approximate surface area is 204 Å². The van der Waals surface area contributed by atoms with Crippen LogP contribution in [0.1, 0.15) is 44.2 Å². The molecule has 34 heavy (non-hydrogen) atoms. The van der Waals surface area contributed by atoms with Crippen molar-refractivity contribution in [3.8, 4) is 6.07 Å². The van der Waals surface area contributed by atoms with E-state index in [-0.39, 0.29) is 40.7 Å². The number of rotatable bonds is 6. The summed E-state index contributed by atoms with van der Waals surface area (Å²) >= 11 is 6.41. The minimum absolute atomic E-state index is 0.0884. The lowest BCUT2D eigenvalue weighted by molar-refractivity contribution is 0.0496. The topological polar surface area (TPSA) is 117 Å². The lowest BCUT2D eigenvalue weighted by Gasteiger charge is -2.32. The number of ether oxygens (including phenoxy) is 1. The summed E-state index contributed by atoms with van der Waals surface area (Å²) in [6.07, 6.45) is 4.54. The molecule has 0 radical (unpaired) electrons. The number of piperidine rings is 1. The second kappa shape index (κ2) is 10.4. The van der Waals surface area contributed by atoms with Gasteiger partial charge in [-0.05, 0) is 56.9 Å². The van der Waals surface area contributed by atoms with Gasteiger partial charge < -0.3 is 10.1 Å². The largest absolute Gasteiger partial charge is 0.381 e. The van der Waals surface area contributed by atoms with E-state index in [0.29, 0.717) is 36.6 Å². The standard InChI is InChI=1S/C23H28ClN5O4S/c1-16(18-3-2-12-33-15-18)27-21-14-26-29(23(30)22(21)24)19-8-10-28(11-9-19)34(31,32)20-6-4-17(13-25)5-7-20/h4-7,14,16,18-19,27H,2-3,8-12,15H2,1H3/t16-,18?/m0/s1. The van der Waals surface area contributed by atoms with Crippen molar-refractivity contribution in [1.29, 1.82) is 5.26 Å². The molecule has 0 bridgehead atoms. The van der Waals surface area contributed by atoms with E-state index in [1.165, 1.54) is 33.3 Å². The fourth-order valence-electron chi connectivity index (χ4n) is 4.51. The van der Waals surface area contributed by atoms with Gasteiger partial charge in [-0.2, -0.15) is 14.7 Å². The van der Waals surface area contributed by atoms with Gasteiger partial charge in [-0.3, -0.25) is 4.79 Å². The average Bonchev–Trinajstić information content (AvgIpc) is 2.87. The van der Waals surface area contributed by atoms with E-state index in [4.69, 9.17) is 21.6 Å². The molecule has 2 fully saturated rings. The Morgan fingerprint density at radius 3 is 2.56 bits per heavy atom. The van der Waals surface area contributed by atoms with Crippen molar-refractivity contribution in [2.45, 2.75) is 49.6 Å². The molecule has 2 aromatic rings. The first kappa shape index (κ1) is 24.7. The summed E-state index contributed by atoms with van der Waals surface area (Å²) in [4.78, 5) is 13.1. The van der Waals surface area contributed by atoms with E-state index in [1.54, 1.807) is 6.20 Å². The maximum atomic E-state index is 13.0. The van der Waals surface area contributed by atoms with Gasteiger partial charge in [0.15, 0.2) is 0 Å². The second-order valence-corrected chi connectivity index (χ2v) is 11.1. The summed E-state index contributed by atoms with van der Waals surface area (Å²) in [6.45, 7) is 4.04. The Bertz CT molecular complexity index is 1210. The highest BCUT2D eigenvalue weighted by atomic mass is 35.5. The van der Waals surface area contributed by atoms with E-state index >= 15 is 0 Å². The van der Waals surface area contributed by atoms with Crippen LogP contribution >= 0.6 is 11.6 Å². The quantitative estimate of drug-likeness (QED) is 0.641. The number of nitriles is 1. The van der Waals surface area contributed by atoms with Crippen LogP contribution in [0.15, 0.2) is 40.2 Å². The summed E-state index contributed by atoms with van der Waals surface area (Å²) in [5.41, 5.74) is 0.522. The SMILES string of the molecule is C[C@H](Nc1cnn(C2CCN(S(=O)(=O)c3ccc(C#N)cc3)CC2)c(=O)c1Cl)C1CCCOC1. The molecule has 2 atom stereocenters. The number of halogens is 1. The molecule has 0 spiro atoms. The lowest BCUT2D eigenvalue weighted by Crippen LogP contribution is -2.41. The average molecular weight is 506 g/mol. The summed E-state index contributed by atoms with van der Waals surface area (Å²) in [5, 5.41) is 16.7. The molecule has 1 aromatic heterocycles. The Hall–Kier alpha value is -2.45. The molecule has 0 saturated carbocycles. The van der Waals surface area contributed by atoms with Crippen LogP contribution in [0.4, 0.5) is 5.69 Å². The van der Waals surface area contributed by atoms with E-state index in [2.05, 4.69) is 10.4 Å². The van der Waals surface area contributed by atoms with Crippen LogP contribution in [0, 0.1) is 17.2 Å². The van der Waals surface area contributed by atoms with Gasteiger partial charge in [-0.25, -0.2) is 13.1 Å². The van der Waals surface area contributed by atoms with E-state index in [9.17, 15) is 13.2 Å². The van der Waals surface area contributed by atoms with Crippen LogP contribution < -0.4 is 10.9 Å². The Balaban J connectivity index is 1.42. The molecule has 2 aliphatic rings. The predicted octanol–water partition coefficient (Wildman–Crippen LogP) is 3.02. The maximum Gasteiger partial charge on any atom is 0.287 e. The number of sulfonamides is 1. The first-order valence-corrected chi connectivity index (χ1v) is 13.2. The predicted molar refractivity (Wildman–Crippen MR) is 128 cm³/mol. The monoisotopic (exact) mass is 505 g/mol. The molecular weight excluding hydrogens is 478 g/mol. The van der Waals surface area contributed by atoms with Crippen molar-refractivity contribution in [3.05, 3.63) is 51.4 Å². The van der Waals surface area contributed by atoms with Crippen LogP contribution in [0.25, 0.3) is 0 Å². The minimum Gasteiger partial charge on any atom is -0.381 e. The Kier molecular flexibility index (Phi) is 7.57. The number of nitrogens with zero attached hydrogens (tertiary/aromatic N) is 4. The van der Waals surface area contributed by atoms with Crippen molar-refractivity contribution < 1.29 is 13.2 Å². The van der Waals surface area contributed by atoms with Crippen LogP contribution in [0.3, 0.4) is 0 Å². The highest BCUT2D eigenvalue weighted by Crippen LogP contribution is 2.28. The molecule has 0 amide bonds. The number of aromatic nitrogens is 2. The van der Waals surface area contributed by atoms with Crippen molar-refractivity contribution in [2.75, 3.05) is 31.6 Å². The molecule has 1 N–H and O–H groups in total. The van der Waals surface area contributed by atoms with Gasteiger partial charge in [0.25, 0.3) is 5.56 Å².